The van der Waals surface area contributed by atoms with Gasteiger partial charge in [0.05, 0.1) is 25.0 Å². The third kappa shape index (κ3) is 7.93. The minimum Gasteiger partial charge on any atom is -0.497 e. The van der Waals surface area contributed by atoms with Crippen LogP contribution in [0.25, 0.3) is 10.9 Å². The maximum Gasteiger partial charge on any atom is 0.408 e. The Balaban J connectivity index is 1.09. The van der Waals surface area contributed by atoms with E-state index in [9.17, 15) is 32.4 Å². The Morgan fingerprint density at radius 1 is 0.931 bits per heavy atom. The third-order valence-corrected chi connectivity index (χ3v) is 14.6. The first-order valence-electron chi connectivity index (χ1n) is 20.5. The highest BCUT2D eigenvalue weighted by molar-refractivity contribution is 7.91. The van der Waals surface area contributed by atoms with Crippen molar-refractivity contribution in [3.63, 3.8) is 0 Å². The highest BCUT2D eigenvalue weighted by atomic mass is 32.2. The van der Waals surface area contributed by atoms with Gasteiger partial charge in [-0.3, -0.25) is 23.9 Å². The monoisotopic (exact) mass is 820 g/mol. The van der Waals surface area contributed by atoms with Crippen LogP contribution in [0.15, 0.2) is 36.4 Å². The fourth-order valence-corrected chi connectivity index (χ4v) is 10.7. The van der Waals surface area contributed by atoms with Crippen LogP contribution in [0, 0.1) is 17.8 Å². The number of carbonyl (C=O) groups excluding carboxylic acids is 5. The average Bonchev–Trinajstić information content (AvgIpc) is 4.03. The number of fused-ring (bicyclic) bond motifs is 5. The number of nitrogens with zero attached hydrogens (tertiary/aromatic N) is 3. The van der Waals surface area contributed by atoms with Crippen molar-refractivity contribution < 1.29 is 46.6 Å². The van der Waals surface area contributed by atoms with Crippen molar-refractivity contribution in [3.8, 4) is 11.5 Å². The lowest BCUT2D eigenvalue weighted by molar-refractivity contribution is -0.142. The average molecular weight is 821 g/mol. The van der Waals surface area contributed by atoms with Crippen LogP contribution in [0.1, 0.15) is 87.5 Å². The number of carbonyl (C=O) groups is 5. The van der Waals surface area contributed by atoms with Gasteiger partial charge in [0.25, 0.3) is 11.8 Å². The second-order valence-corrected chi connectivity index (χ2v) is 18.6. The predicted molar refractivity (Wildman–Crippen MR) is 210 cm³/mol. The zero-order valence-corrected chi connectivity index (χ0v) is 33.8. The number of alkyl carbamates (subject to hydrolysis) is 1. The SMILES string of the molecule is COc1ccc2c(OC)cc(C(=O)N3C[C@H]4CN5C(=O)[C@H](NC(=O)OC6CCCC6)CCCCC/C=C\[C@H]6C[C@@]6(C(=O)NS(=O)(=O)C6CC6)NC(=O)[C@@H]5[C@H]4C3)nc2c1. The van der Waals surface area contributed by atoms with Crippen molar-refractivity contribution >= 4 is 50.6 Å². The number of hydrogen-bond acceptors (Lipinski definition) is 11. The van der Waals surface area contributed by atoms with Crippen LogP contribution >= 0.6 is 0 Å². The van der Waals surface area contributed by atoms with E-state index in [-0.39, 0.29) is 49.7 Å². The maximum atomic E-state index is 14.8. The minimum absolute atomic E-state index is 0.103. The van der Waals surface area contributed by atoms with Crippen molar-refractivity contribution in [3.05, 3.63) is 42.1 Å². The molecular formula is C41H52N6O10S. The van der Waals surface area contributed by atoms with Crippen LogP contribution in [0.5, 0.6) is 11.5 Å². The summed E-state index contributed by atoms with van der Waals surface area (Å²) in [5.74, 6) is -2.55. The molecule has 58 heavy (non-hydrogen) atoms. The van der Waals surface area contributed by atoms with E-state index in [1.54, 1.807) is 29.2 Å². The number of hydrogen-bond donors (Lipinski definition) is 3. The molecule has 6 atom stereocenters. The molecule has 17 heteroatoms. The standard InChI is InChI=1S/C41H52N6O10S/c1-55-27-14-17-29-32(18-27)42-33(19-34(29)56-2)37(49)46-21-24-22-47-35(30(24)23-46)36(48)44-41(39(51)45-58(53,54)28-15-16-28)20-25(41)10-6-4-3-5-7-13-31(38(47)50)43-40(52)57-26-11-8-9-12-26/h6,10,14,17-19,24-26,28,30-31,35H,3-5,7-9,11-13,15-16,20-23H2,1-2H3,(H,43,52)(H,44,48)(H,45,51)/b10-6-/t24-,25-,30-,31+,35-,41+/m0/s1. The van der Waals surface area contributed by atoms with E-state index in [0.29, 0.717) is 54.5 Å². The van der Waals surface area contributed by atoms with E-state index in [1.807, 2.05) is 12.2 Å². The zero-order valence-electron chi connectivity index (χ0n) is 32.9. The molecule has 5 amide bonds. The molecule has 5 fully saturated rings. The number of benzene rings is 1. The molecule has 1 aromatic carbocycles. The molecule has 0 unspecified atom stereocenters. The highest BCUT2D eigenvalue weighted by Crippen LogP contribution is 2.47. The minimum atomic E-state index is -3.92. The lowest BCUT2D eigenvalue weighted by atomic mass is 9.93. The molecular weight excluding hydrogens is 769 g/mol. The van der Waals surface area contributed by atoms with E-state index in [2.05, 4.69) is 20.3 Å². The molecule has 3 aliphatic carbocycles. The maximum absolute atomic E-state index is 14.8. The number of aromatic nitrogens is 1. The summed E-state index contributed by atoms with van der Waals surface area (Å²) >= 11 is 0. The largest absolute Gasteiger partial charge is 0.497 e. The van der Waals surface area contributed by atoms with E-state index in [0.717, 1.165) is 38.5 Å². The van der Waals surface area contributed by atoms with Crippen LogP contribution in [0.4, 0.5) is 4.79 Å². The van der Waals surface area contributed by atoms with Gasteiger partial charge in [0.15, 0.2) is 0 Å². The highest BCUT2D eigenvalue weighted by Gasteiger charge is 2.63. The summed E-state index contributed by atoms with van der Waals surface area (Å²) in [6.45, 7) is 0.438. The van der Waals surface area contributed by atoms with Crippen LogP contribution in [0.3, 0.4) is 0 Å². The summed E-state index contributed by atoms with van der Waals surface area (Å²) in [7, 11) is -0.871. The number of ether oxygens (including phenoxy) is 3. The molecule has 0 bridgehead atoms. The lowest BCUT2D eigenvalue weighted by Crippen LogP contribution is -2.60. The van der Waals surface area contributed by atoms with Crippen molar-refractivity contribution in [1.82, 2.24) is 30.1 Å². The van der Waals surface area contributed by atoms with Gasteiger partial charge in [0, 0.05) is 54.9 Å². The van der Waals surface area contributed by atoms with E-state index < -0.39 is 68.5 Å². The number of nitrogens with one attached hydrogen (secondary N) is 3. The molecule has 312 valence electrons. The van der Waals surface area contributed by atoms with Crippen molar-refractivity contribution in [2.75, 3.05) is 33.9 Å². The molecule has 16 nitrogen and oxygen atoms in total. The molecule has 0 radical (unpaired) electrons. The number of rotatable bonds is 8. The summed E-state index contributed by atoms with van der Waals surface area (Å²) < 4.78 is 44.8. The van der Waals surface area contributed by atoms with Crippen LogP contribution in [-0.4, -0.2) is 116 Å². The van der Waals surface area contributed by atoms with Gasteiger partial charge in [0.2, 0.25) is 21.8 Å². The van der Waals surface area contributed by atoms with E-state index >= 15 is 0 Å². The van der Waals surface area contributed by atoms with Gasteiger partial charge in [0.1, 0.15) is 40.9 Å². The summed E-state index contributed by atoms with van der Waals surface area (Å²) in [6.07, 6.45) is 10.7. The number of sulfonamides is 1. The van der Waals surface area contributed by atoms with Crippen LogP contribution in [-0.2, 0) is 29.1 Å². The van der Waals surface area contributed by atoms with E-state index in [1.165, 1.54) is 19.1 Å². The van der Waals surface area contributed by atoms with Crippen LogP contribution in [0.2, 0.25) is 0 Å². The van der Waals surface area contributed by atoms with Gasteiger partial charge in [-0.1, -0.05) is 25.0 Å². The first-order chi connectivity index (χ1) is 27.9. The van der Waals surface area contributed by atoms with Crippen molar-refractivity contribution in [2.24, 2.45) is 17.8 Å². The lowest BCUT2D eigenvalue weighted by Gasteiger charge is -2.33. The second kappa shape index (κ2) is 16.0. The summed E-state index contributed by atoms with van der Waals surface area (Å²) in [4.78, 5) is 78.4. The Bertz CT molecular complexity index is 2120. The fraction of sp³-hybridized carbons (Fsp3) is 0.610. The first-order valence-corrected chi connectivity index (χ1v) is 22.1. The normalized spacial score (nSPS) is 29.6. The van der Waals surface area contributed by atoms with Gasteiger partial charge >= 0.3 is 6.09 Å². The summed E-state index contributed by atoms with van der Waals surface area (Å²) in [5, 5.41) is 5.81. The molecule has 6 aliphatic rings. The smallest absolute Gasteiger partial charge is 0.408 e. The molecule has 1 aromatic heterocycles. The fourth-order valence-electron chi connectivity index (χ4n) is 9.31. The quantitative estimate of drug-likeness (QED) is 0.330. The third-order valence-electron chi connectivity index (χ3n) is 12.8. The topological polar surface area (TPSA) is 203 Å². The Labute approximate surface area is 337 Å². The molecule has 4 heterocycles. The van der Waals surface area contributed by atoms with Gasteiger partial charge < -0.3 is 34.6 Å². The molecule has 0 spiro atoms. The van der Waals surface area contributed by atoms with Gasteiger partial charge in [-0.05, 0) is 76.3 Å². The van der Waals surface area contributed by atoms with Gasteiger partial charge in [-0.2, -0.15) is 0 Å². The van der Waals surface area contributed by atoms with Gasteiger partial charge in [-0.15, -0.1) is 0 Å². The number of likely N-dealkylation sites (tertiary alicyclic amines) is 1. The number of pyridine rings is 1. The Morgan fingerprint density at radius 2 is 1.71 bits per heavy atom. The van der Waals surface area contributed by atoms with Gasteiger partial charge in [-0.25, -0.2) is 18.2 Å². The Hall–Kier alpha value is -4.93. The second-order valence-electron chi connectivity index (χ2n) is 16.7. The van der Waals surface area contributed by atoms with Crippen molar-refractivity contribution in [2.45, 2.75) is 106 Å². The number of amides is 5. The summed E-state index contributed by atoms with van der Waals surface area (Å²) in [5.41, 5.74) is -0.890. The van der Waals surface area contributed by atoms with Crippen molar-refractivity contribution in [1.29, 1.82) is 0 Å². The van der Waals surface area contributed by atoms with Crippen LogP contribution < -0.4 is 24.8 Å². The Morgan fingerprint density at radius 3 is 2.45 bits per heavy atom. The molecule has 3 saturated carbocycles. The summed E-state index contributed by atoms with van der Waals surface area (Å²) in [6, 6.07) is 4.78. The predicted octanol–water partition coefficient (Wildman–Crippen LogP) is 3.19. The number of methoxy groups -OCH3 is 2. The molecule has 3 N–H and O–H groups in total. The Kier molecular flexibility index (Phi) is 11.0. The molecule has 2 saturated heterocycles. The zero-order chi connectivity index (χ0) is 40.8. The molecule has 8 rings (SSSR count). The molecule has 3 aliphatic heterocycles. The molecule has 2 aromatic rings. The van der Waals surface area contributed by atoms with E-state index in [4.69, 9.17) is 14.2 Å². The first kappa shape index (κ1) is 39.9. The number of allylic oxidation sites excluding steroid dienone is 1.